The van der Waals surface area contributed by atoms with Crippen LogP contribution < -0.4 is 20.1 Å². The summed E-state index contributed by atoms with van der Waals surface area (Å²) in [5, 5.41) is 4.80. The second-order valence-electron chi connectivity index (χ2n) is 16.2. The van der Waals surface area contributed by atoms with E-state index in [2.05, 4.69) is 21.9 Å². The molecule has 3 aliphatic heterocycles. The molecule has 16 heteroatoms. The summed E-state index contributed by atoms with van der Waals surface area (Å²) in [5.41, 5.74) is -0.566. The van der Waals surface area contributed by atoms with Crippen molar-refractivity contribution in [1.82, 2.24) is 25.2 Å². The summed E-state index contributed by atoms with van der Waals surface area (Å²) in [6.45, 7) is 10.2. The van der Waals surface area contributed by atoms with Gasteiger partial charge in [0.15, 0.2) is 0 Å². The second-order valence-corrected chi connectivity index (χ2v) is 18.2. The Morgan fingerprint density at radius 2 is 1.69 bits per heavy atom. The van der Waals surface area contributed by atoms with E-state index in [-0.39, 0.29) is 32.5 Å². The van der Waals surface area contributed by atoms with Gasteiger partial charge < -0.3 is 29.7 Å². The summed E-state index contributed by atoms with van der Waals surface area (Å²) in [6.07, 6.45) is 5.46. The Morgan fingerprint density at radius 1 is 1.00 bits per heavy atom. The number of carbonyl (C=O) groups is 5. The van der Waals surface area contributed by atoms with Crippen molar-refractivity contribution >= 4 is 39.9 Å². The maximum absolute atomic E-state index is 14.4. The number of benzene rings is 1. The Morgan fingerprint density at radius 3 is 2.33 bits per heavy atom. The molecule has 15 nitrogen and oxygen atoms in total. The number of cyclic esters (lactones) is 1. The van der Waals surface area contributed by atoms with Gasteiger partial charge in [-0.15, -0.1) is 6.58 Å². The zero-order valence-corrected chi connectivity index (χ0v) is 32.2. The highest BCUT2D eigenvalue weighted by Gasteiger charge is 2.62. The Balaban J connectivity index is 1.24. The molecule has 5 atom stereocenters. The smallest absolute Gasteiger partial charge is 0.410 e. The van der Waals surface area contributed by atoms with E-state index in [9.17, 15) is 32.4 Å². The van der Waals surface area contributed by atoms with Gasteiger partial charge in [-0.2, -0.15) is 0 Å². The van der Waals surface area contributed by atoms with Crippen LogP contribution >= 0.6 is 0 Å². The molecule has 1 saturated heterocycles. The SMILES string of the molecule is C=C[C@H]1C[C@@]1(NC(=O)[C@@H]1CC2CN1C(=O)[C@H](C(C)(C)C)NC(=O)OCCCCCCCCOc1cccc3c1CN(C3)C(=O)O2)C(=O)NS(=O)(=O)C1CC1. The number of carbonyl (C=O) groups excluding carboxylic acids is 5. The van der Waals surface area contributed by atoms with Gasteiger partial charge in [0.2, 0.25) is 21.8 Å². The van der Waals surface area contributed by atoms with E-state index in [1.165, 1.54) is 11.0 Å². The first kappa shape index (κ1) is 39.4. The fraction of sp³-hybridized carbons (Fsp3) is 0.658. The van der Waals surface area contributed by atoms with Gasteiger partial charge in [-0.1, -0.05) is 64.7 Å². The Kier molecular flexibility index (Phi) is 11.5. The van der Waals surface area contributed by atoms with E-state index >= 15 is 0 Å². The molecule has 1 unspecified atom stereocenters. The highest BCUT2D eigenvalue weighted by molar-refractivity contribution is 7.91. The molecular formula is C38H53N5O10S. The lowest BCUT2D eigenvalue weighted by Crippen LogP contribution is -2.60. The predicted molar refractivity (Wildman–Crippen MR) is 196 cm³/mol. The summed E-state index contributed by atoms with van der Waals surface area (Å²) < 4.78 is 45.0. The van der Waals surface area contributed by atoms with Crippen molar-refractivity contribution in [2.45, 2.75) is 127 Å². The maximum atomic E-state index is 14.4. The number of nitrogens with one attached hydrogen (secondary N) is 3. The third-order valence-electron chi connectivity index (χ3n) is 11.0. The van der Waals surface area contributed by atoms with Gasteiger partial charge in [0.1, 0.15) is 29.5 Å². The van der Waals surface area contributed by atoms with Gasteiger partial charge in [-0.3, -0.25) is 24.0 Å². The maximum Gasteiger partial charge on any atom is 0.410 e. The number of ether oxygens (including phenoxy) is 3. The molecule has 2 saturated carbocycles. The first-order valence-corrected chi connectivity index (χ1v) is 20.6. The molecule has 3 fully saturated rings. The highest BCUT2D eigenvalue weighted by atomic mass is 32.2. The van der Waals surface area contributed by atoms with Gasteiger partial charge in [0.25, 0.3) is 5.91 Å². The minimum Gasteiger partial charge on any atom is -0.493 e. The van der Waals surface area contributed by atoms with E-state index in [0.29, 0.717) is 32.4 Å². The van der Waals surface area contributed by atoms with Gasteiger partial charge in [-0.25, -0.2) is 18.0 Å². The number of amides is 5. The van der Waals surface area contributed by atoms with Crippen LogP contribution in [0.5, 0.6) is 5.75 Å². The van der Waals surface area contributed by atoms with Gasteiger partial charge >= 0.3 is 12.2 Å². The van der Waals surface area contributed by atoms with Crippen LogP contribution in [-0.4, -0.2) is 96.9 Å². The Labute approximate surface area is 316 Å². The van der Waals surface area contributed by atoms with E-state index in [1.54, 1.807) is 25.7 Å². The second kappa shape index (κ2) is 15.8. The van der Waals surface area contributed by atoms with E-state index in [0.717, 1.165) is 49.0 Å². The van der Waals surface area contributed by atoms with Crippen LogP contribution in [0.15, 0.2) is 30.9 Å². The first-order chi connectivity index (χ1) is 25.6. The van der Waals surface area contributed by atoms with Crippen molar-refractivity contribution in [3.05, 3.63) is 42.0 Å². The number of sulfonamides is 1. The monoisotopic (exact) mass is 771 g/mol. The van der Waals surface area contributed by atoms with Crippen molar-refractivity contribution in [3.63, 3.8) is 0 Å². The number of alkyl carbamates (subject to hydrolysis) is 1. The minimum atomic E-state index is -3.92. The summed E-state index contributed by atoms with van der Waals surface area (Å²) in [5.74, 6) is -2.02. The summed E-state index contributed by atoms with van der Waals surface area (Å²) >= 11 is 0. The lowest BCUT2D eigenvalue weighted by molar-refractivity contribution is -0.142. The molecule has 0 spiro atoms. The first-order valence-electron chi connectivity index (χ1n) is 19.1. The van der Waals surface area contributed by atoms with E-state index in [4.69, 9.17) is 14.2 Å². The predicted octanol–water partition coefficient (Wildman–Crippen LogP) is 3.65. The summed E-state index contributed by atoms with van der Waals surface area (Å²) in [7, 11) is -3.92. The topological polar surface area (TPSA) is 190 Å². The van der Waals surface area contributed by atoms with Crippen molar-refractivity contribution in [3.8, 4) is 5.75 Å². The molecule has 1 aromatic carbocycles. The fourth-order valence-corrected chi connectivity index (χ4v) is 8.86. The quantitative estimate of drug-likeness (QED) is 0.360. The fourth-order valence-electron chi connectivity index (χ4n) is 7.50. The lowest BCUT2D eigenvalue weighted by Gasteiger charge is -2.35. The zero-order chi connectivity index (χ0) is 38.8. The van der Waals surface area contributed by atoms with Crippen LogP contribution in [0.3, 0.4) is 0 Å². The van der Waals surface area contributed by atoms with Crippen LogP contribution in [0.2, 0.25) is 0 Å². The third-order valence-corrected chi connectivity index (χ3v) is 12.8. The molecule has 5 amide bonds. The van der Waals surface area contributed by atoms with Crippen LogP contribution in [0.4, 0.5) is 9.59 Å². The van der Waals surface area contributed by atoms with Crippen LogP contribution in [0.1, 0.15) is 96.1 Å². The molecule has 296 valence electrons. The average molecular weight is 772 g/mol. The van der Waals surface area contributed by atoms with Crippen molar-refractivity contribution in [1.29, 1.82) is 0 Å². The normalized spacial score (nSPS) is 28.5. The molecule has 6 rings (SSSR count). The molecule has 3 N–H and O–H groups in total. The number of hydrogen-bond acceptors (Lipinski definition) is 10. The number of rotatable bonds is 6. The Bertz CT molecular complexity index is 1760. The van der Waals surface area contributed by atoms with Crippen molar-refractivity contribution in [2.75, 3.05) is 19.8 Å². The highest BCUT2D eigenvalue weighted by Crippen LogP contribution is 2.45. The molecule has 54 heavy (non-hydrogen) atoms. The van der Waals surface area contributed by atoms with Crippen LogP contribution in [0.25, 0.3) is 0 Å². The number of hydrogen-bond donors (Lipinski definition) is 3. The van der Waals surface area contributed by atoms with Gasteiger partial charge in [0.05, 0.1) is 31.6 Å². The average Bonchev–Trinajstić information content (AvgIpc) is 4.00. The van der Waals surface area contributed by atoms with Crippen molar-refractivity contribution < 1.29 is 46.6 Å². The van der Waals surface area contributed by atoms with Crippen LogP contribution in [-0.2, 0) is 47.0 Å². The largest absolute Gasteiger partial charge is 0.493 e. The van der Waals surface area contributed by atoms with Gasteiger partial charge in [0, 0.05) is 24.4 Å². The molecule has 0 radical (unpaired) electrons. The Hall–Kier alpha value is -4.34. The number of fused-ring (bicyclic) bond motifs is 3. The zero-order valence-electron chi connectivity index (χ0n) is 31.4. The van der Waals surface area contributed by atoms with Crippen molar-refractivity contribution in [2.24, 2.45) is 11.3 Å². The molecule has 4 bridgehead atoms. The number of nitrogens with zero attached hydrogens (tertiary/aromatic N) is 2. The standard InChI is InChI=1S/C38H53N5O10S/c1-5-25-20-38(25,34(46)41-54(49,50)27-15-16-27)40-32(44)29-19-26-22-43(29)33(45)31(37(2,3)4)39-35(47)52-18-11-9-7-6-8-10-17-51-30-14-12-13-24-21-42(23-28(24)30)36(48)53-26/h5,12-14,25-27,29,31H,1,6-11,15-23H2,2-4H3,(H,39,47)(H,40,44)(H,41,46)/t25-,26?,29-,31+,38-/m0/s1. The molecular weight excluding hydrogens is 719 g/mol. The molecule has 2 aliphatic carbocycles. The van der Waals surface area contributed by atoms with E-state index < -0.39 is 80.2 Å². The third kappa shape index (κ3) is 8.79. The van der Waals surface area contributed by atoms with Crippen LogP contribution in [0, 0.1) is 11.3 Å². The lowest BCUT2D eigenvalue weighted by atomic mass is 9.85. The molecule has 5 aliphatic rings. The summed E-state index contributed by atoms with van der Waals surface area (Å²) in [6, 6.07) is 3.37. The molecule has 1 aromatic rings. The minimum absolute atomic E-state index is 0.101. The van der Waals surface area contributed by atoms with Gasteiger partial charge in [-0.05, 0) is 49.1 Å². The molecule has 3 heterocycles. The molecule has 0 aromatic heterocycles. The summed E-state index contributed by atoms with van der Waals surface area (Å²) in [4.78, 5) is 71.6. The van der Waals surface area contributed by atoms with E-state index in [1.807, 2.05) is 18.2 Å².